The molecule has 0 radical (unpaired) electrons. The Kier molecular flexibility index (Phi) is 3.49. The number of hydrogen-bond acceptors (Lipinski definition) is 8. The summed E-state index contributed by atoms with van der Waals surface area (Å²) in [4.78, 5) is 33.4. The van der Waals surface area contributed by atoms with E-state index in [2.05, 4.69) is 0 Å². The van der Waals surface area contributed by atoms with Gasteiger partial charge in [0, 0.05) is 31.5 Å². The van der Waals surface area contributed by atoms with Crippen LogP contribution in [0.4, 0.5) is 5.69 Å². The van der Waals surface area contributed by atoms with Crippen molar-refractivity contribution in [3.05, 3.63) is 33.4 Å². The molecule has 2 N–H and O–H groups in total. The Morgan fingerprint density at radius 3 is 2.18 bits per heavy atom. The van der Waals surface area contributed by atoms with Crippen LogP contribution in [0.1, 0.15) is 19.4 Å². The molecule has 0 atom stereocenters. The lowest BCUT2D eigenvalue weighted by atomic mass is 10.1. The second kappa shape index (κ2) is 5.02. The number of aromatic hydroxyl groups is 2. The topological polar surface area (TPSA) is 136 Å². The number of cyclic esters (lactones) is 2. The summed E-state index contributed by atoms with van der Waals surface area (Å²) in [5.41, 5.74) is -1.44. The molecular formula is C13H11NO8. The van der Waals surface area contributed by atoms with E-state index in [4.69, 9.17) is 9.47 Å². The molecule has 0 aromatic heterocycles. The molecule has 1 aromatic rings. The first-order chi connectivity index (χ1) is 10.1. The van der Waals surface area contributed by atoms with Gasteiger partial charge in [-0.25, -0.2) is 9.59 Å². The van der Waals surface area contributed by atoms with Crippen LogP contribution in [0.2, 0.25) is 0 Å². The number of nitrogens with zero attached hydrogens (tertiary/aromatic N) is 1. The van der Waals surface area contributed by atoms with Gasteiger partial charge in [0.2, 0.25) is 0 Å². The van der Waals surface area contributed by atoms with Crippen molar-refractivity contribution in [1.82, 2.24) is 0 Å². The second-order valence-electron chi connectivity index (χ2n) is 4.89. The van der Waals surface area contributed by atoms with Gasteiger partial charge in [-0.05, 0) is 6.08 Å². The Morgan fingerprint density at radius 2 is 1.68 bits per heavy atom. The quantitative estimate of drug-likeness (QED) is 0.273. The number of carbonyl (C=O) groups excluding carboxylic acids is 2. The minimum absolute atomic E-state index is 0.215. The molecule has 0 bridgehead atoms. The molecule has 116 valence electrons. The minimum Gasteiger partial charge on any atom is -0.507 e. The maximum atomic E-state index is 11.8. The van der Waals surface area contributed by atoms with Gasteiger partial charge in [0.15, 0.2) is 5.75 Å². The maximum Gasteiger partial charge on any atom is 0.348 e. The van der Waals surface area contributed by atoms with Crippen LogP contribution in [0.25, 0.3) is 6.08 Å². The first kappa shape index (κ1) is 15.3. The largest absolute Gasteiger partial charge is 0.507 e. The first-order valence-electron chi connectivity index (χ1n) is 5.99. The summed E-state index contributed by atoms with van der Waals surface area (Å²) in [6.07, 6.45) is 0.891. The molecule has 1 aliphatic heterocycles. The fraction of sp³-hybridized carbons (Fsp3) is 0.231. The lowest BCUT2D eigenvalue weighted by Gasteiger charge is -2.29. The smallest absolute Gasteiger partial charge is 0.348 e. The van der Waals surface area contributed by atoms with E-state index in [0.29, 0.717) is 0 Å². The molecule has 0 aliphatic carbocycles. The number of carbonyl (C=O) groups is 2. The number of ether oxygens (including phenoxy) is 2. The summed E-state index contributed by atoms with van der Waals surface area (Å²) in [7, 11) is 0. The van der Waals surface area contributed by atoms with E-state index in [1.54, 1.807) is 0 Å². The molecular weight excluding hydrogens is 298 g/mol. The van der Waals surface area contributed by atoms with Crippen molar-refractivity contribution in [2.24, 2.45) is 0 Å². The van der Waals surface area contributed by atoms with E-state index >= 15 is 0 Å². The Bertz CT molecular complexity index is 697. The molecule has 0 unspecified atom stereocenters. The summed E-state index contributed by atoms with van der Waals surface area (Å²) in [6, 6.07) is 1.55. The third-order valence-corrected chi connectivity index (χ3v) is 2.74. The van der Waals surface area contributed by atoms with Gasteiger partial charge in [-0.1, -0.05) is 0 Å². The van der Waals surface area contributed by atoms with E-state index < -0.39 is 45.4 Å². The van der Waals surface area contributed by atoms with Crippen LogP contribution in [0, 0.1) is 10.1 Å². The van der Waals surface area contributed by atoms with Crippen LogP contribution in [0.5, 0.6) is 11.5 Å². The highest BCUT2D eigenvalue weighted by Gasteiger charge is 2.39. The number of nitro groups is 1. The molecule has 0 spiro atoms. The fourth-order valence-electron chi connectivity index (χ4n) is 1.78. The van der Waals surface area contributed by atoms with Gasteiger partial charge >= 0.3 is 17.6 Å². The molecule has 1 aliphatic rings. The summed E-state index contributed by atoms with van der Waals surface area (Å²) in [5, 5.41) is 29.8. The zero-order chi connectivity index (χ0) is 16.7. The number of esters is 2. The van der Waals surface area contributed by atoms with Crippen LogP contribution in [-0.2, 0) is 19.1 Å². The van der Waals surface area contributed by atoms with Crippen molar-refractivity contribution >= 4 is 23.7 Å². The maximum absolute atomic E-state index is 11.8. The Hall–Kier alpha value is -3.10. The highest BCUT2D eigenvalue weighted by Crippen LogP contribution is 2.35. The van der Waals surface area contributed by atoms with Crippen molar-refractivity contribution in [2.75, 3.05) is 0 Å². The van der Waals surface area contributed by atoms with Crippen LogP contribution in [0.15, 0.2) is 17.7 Å². The van der Waals surface area contributed by atoms with E-state index in [-0.39, 0.29) is 5.56 Å². The number of phenolic OH excluding ortho intramolecular Hbond substituents is 2. The molecule has 1 aromatic carbocycles. The van der Waals surface area contributed by atoms with Crippen LogP contribution < -0.4 is 0 Å². The van der Waals surface area contributed by atoms with E-state index in [9.17, 15) is 29.9 Å². The van der Waals surface area contributed by atoms with Crippen molar-refractivity contribution in [1.29, 1.82) is 0 Å². The fourth-order valence-corrected chi connectivity index (χ4v) is 1.78. The third-order valence-electron chi connectivity index (χ3n) is 2.74. The molecule has 0 amide bonds. The number of hydrogen-bond donors (Lipinski definition) is 2. The van der Waals surface area contributed by atoms with Crippen LogP contribution >= 0.6 is 0 Å². The van der Waals surface area contributed by atoms with E-state index in [1.165, 1.54) is 13.8 Å². The third kappa shape index (κ3) is 2.82. The normalized spacial score (nSPS) is 16.7. The zero-order valence-corrected chi connectivity index (χ0v) is 11.5. The highest BCUT2D eigenvalue weighted by molar-refractivity contribution is 6.19. The second-order valence-corrected chi connectivity index (χ2v) is 4.89. The number of phenols is 2. The van der Waals surface area contributed by atoms with Gasteiger partial charge in [-0.15, -0.1) is 0 Å². The summed E-state index contributed by atoms with van der Waals surface area (Å²) < 4.78 is 9.71. The molecule has 1 fully saturated rings. The Morgan fingerprint density at radius 1 is 1.14 bits per heavy atom. The Labute approximate surface area is 123 Å². The predicted molar refractivity (Wildman–Crippen MR) is 70.7 cm³/mol. The van der Waals surface area contributed by atoms with Crippen molar-refractivity contribution in [2.45, 2.75) is 19.6 Å². The van der Waals surface area contributed by atoms with Crippen molar-refractivity contribution in [3.63, 3.8) is 0 Å². The molecule has 0 saturated carbocycles. The number of benzene rings is 1. The van der Waals surface area contributed by atoms with Gasteiger partial charge in [-0.3, -0.25) is 10.1 Å². The minimum atomic E-state index is -1.42. The van der Waals surface area contributed by atoms with Gasteiger partial charge in [0.25, 0.3) is 5.79 Å². The summed E-state index contributed by atoms with van der Waals surface area (Å²) >= 11 is 0. The Balaban J connectivity index is 2.49. The average Bonchev–Trinajstić information content (AvgIpc) is 2.34. The lowest BCUT2D eigenvalue weighted by Crippen LogP contribution is -2.41. The van der Waals surface area contributed by atoms with Crippen LogP contribution in [0.3, 0.4) is 0 Å². The van der Waals surface area contributed by atoms with Crippen LogP contribution in [-0.4, -0.2) is 32.9 Å². The highest BCUT2D eigenvalue weighted by atomic mass is 16.7. The SMILES string of the molecule is CC1(C)OC(=O)C(=Cc2cc([N+](=O)[O-])c(O)cc2O)C(=O)O1. The molecule has 22 heavy (non-hydrogen) atoms. The van der Waals surface area contributed by atoms with Crippen molar-refractivity contribution in [3.8, 4) is 11.5 Å². The van der Waals surface area contributed by atoms with E-state index in [0.717, 1.165) is 18.2 Å². The molecule has 1 saturated heterocycles. The molecule has 2 rings (SSSR count). The monoisotopic (exact) mass is 309 g/mol. The predicted octanol–water partition coefficient (Wildman–Crippen LogP) is 1.23. The van der Waals surface area contributed by atoms with Gasteiger partial charge in [0.05, 0.1) is 4.92 Å². The molecule has 9 heteroatoms. The number of nitro benzene ring substituents is 1. The lowest BCUT2D eigenvalue weighted by molar-refractivity contribution is -0.385. The zero-order valence-electron chi connectivity index (χ0n) is 11.5. The van der Waals surface area contributed by atoms with Gasteiger partial charge in [-0.2, -0.15) is 0 Å². The number of rotatable bonds is 2. The average molecular weight is 309 g/mol. The van der Waals surface area contributed by atoms with Crippen molar-refractivity contribution < 1.29 is 34.2 Å². The standard InChI is InChI=1S/C13H11NO8/c1-13(2)21-11(17)7(12(18)22-13)3-6-4-8(14(19)20)10(16)5-9(6)15/h3-5,15-16H,1-2H3. The van der Waals surface area contributed by atoms with Gasteiger partial charge in [0.1, 0.15) is 11.3 Å². The molecule has 9 nitrogen and oxygen atoms in total. The van der Waals surface area contributed by atoms with E-state index in [1.807, 2.05) is 0 Å². The summed E-state index contributed by atoms with van der Waals surface area (Å²) in [5.74, 6) is -4.71. The summed E-state index contributed by atoms with van der Waals surface area (Å²) in [6.45, 7) is 2.73. The molecule has 1 heterocycles. The first-order valence-corrected chi connectivity index (χ1v) is 5.99. The van der Waals surface area contributed by atoms with Gasteiger partial charge < -0.3 is 19.7 Å².